The lowest BCUT2D eigenvalue weighted by molar-refractivity contribution is 0.129. The molecule has 1 aromatic rings. The zero-order chi connectivity index (χ0) is 15.2. The molecule has 1 saturated heterocycles. The first-order chi connectivity index (χ1) is 10.1. The topological polar surface area (TPSA) is 61.8 Å². The smallest absolute Gasteiger partial charge is 0.317 e. The van der Waals surface area contributed by atoms with Crippen molar-refractivity contribution in [3.05, 3.63) is 29.3 Å². The van der Waals surface area contributed by atoms with Crippen LogP contribution in [0.4, 0.5) is 4.79 Å². The van der Waals surface area contributed by atoms with Crippen molar-refractivity contribution in [3.63, 3.8) is 0 Å². The summed E-state index contributed by atoms with van der Waals surface area (Å²) in [5, 5.41) is 12.9. The highest BCUT2D eigenvalue weighted by atomic mass is 35.5. The van der Waals surface area contributed by atoms with Crippen molar-refractivity contribution in [2.24, 2.45) is 5.92 Å². The lowest BCUT2D eigenvalue weighted by Gasteiger charge is -2.18. The van der Waals surface area contributed by atoms with Gasteiger partial charge in [-0.3, -0.25) is 0 Å². The Balaban J connectivity index is 1.67. The molecule has 0 spiro atoms. The summed E-state index contributed by atoms with van der Waals surface area (Å²) in [4.78, 5) is 13.7. The second-order valence-electron chi connectivity index (χ2n) is 5.25. The summed E-state index contributed by atoms with van der Waals surface area (Å²) < 4.78 is 5.50. The molecule has 0 aliphatic carbocycles. The van der Waals surface area contributed by atoms with Gasteiger partial charge >= 0.3 is 6.03 Å². The SMILES string of the molecule is C[C@H](O)[C@@H]1CCN(C(=O)NCCOc2ccccc2Cl)C1. The summed E-state index contributed by atoms with van der Waals surface area (Å²) in [5.74, 6) is 0.791. The van der Waals surface area contributed by atoms with Gasteiger partial charge in [0.05, 0.1) is 17.7 Å². The van der Waals surface area contributed by atoms with E-state index in [0.29, 0.717) is 37.0 Å². The first-order valence-corrected chi connectivity index (χ1v) is 7.54. The average molecular weight is 313 g/mol. The van der Waals surface area contributed by atoms with Gasteiger partial charge < -0.3 is 20.1 Å². The minimum Gasteiger partial charge on any atom is -0.490 e. The summed E-state index contributed by atoms with van der Waals surface area (Å²) in [6.45, 7) is 3.84. The molecule has 1 fully saturated rings. The highest BCUT2D eigenvalue weighted by Gasteiger charge is 2.28. The summed E-state index contributed by atoms with van der Waals surface area (Å²) in [7, 11) is 0. The molecular weight excluding hydrogens is 292 g/mol. The van der Waals surface area contributed by atoms with E-state index < -0.39 is 0 Å². The number of hydrogen-bond donors (Lipinski definition) is 2. The fraction of sp³-hybridized carbons (Fsp3) is 0.533. The number of para-hydroxylation sites is 1. The van der Waals surface area contributed by atoms with Crippen LogP contribution in [-0.4, -0.2) is 48.4 Å². The third-order valence-corrected chi connectivity index (χ3v) is 3.98. The molecule has 1 aromatic carbocycles. The number of amides is 2. The molecule has 0 unspecified atom stereocenters. The van der Waals surface area contributed by atoms with E-state index in [1.54, 1.807) is 24.0 Å². The van der Waals surface area contributed by atoms with Crippen LogP contribution < -0.4 is 10.1 Å². The van der Waals surface area contributed by atoms with Gasteiger partial charge in [0, 0.05) is 19.0 Å². The maximum absolute atomic E-state index is 11.9. The van der Waals surface area contributed by atoms with Gasteiger partial charge in [0.15, 0.2) is 0 Å². The van der Waals surface area contributed by atoms with Crippen LogP contribution in [0.5, 0.6) is 5.75 Å². The maximum Gasteiger partial charge on any atom is 0.317 e. The van der Waals surface area contributed by atoms with E-state index in [0.717, 1.165) is 6.42 Å². The fourth-order valence-electron chi connectivity index (χ4n) is 2.36. The number of aliphatic hydroxyl groups excluding tert-OH is 1. The van der Waals surface area contributed by atoms with Crippen LogP contribution in [0.3, 0.4) is 0 Å². The number of carbonyl (C=O) groups is 1. The Bertz CT molecular complexity index is 482. The molecule has 1 aliphatic rings. The van der Waals surface area contributed by atoms with Crippen LogP contribution in [0.15, 0.2) is 24.3 Å². The third kappa shape index (κ3) is 4.51. The van der Waals surface area contributed by atoms with Gasteiger partial charge in [0.1, 0.15) is 12.4 Å². The highest BCUT2D eigenvalue weighted by Crippen LogP contribution is 2.22. The molecule has 2 amide bonds. The molecule has 116 valence electrons. The Hall–Kier alpha value is -1.46. The number of carbonyl (C=O) groups excluding carboxylic acids is 1. The van der Waals surface area contributed by atoms with Gasteiger partial charge in [-0.25, -0.2) is 4.79 Å². The summed E-state index contributed by atoms with van der Waals surface area (Å²) in [5.41, 5.74) is 0. The van der Waals surface area contributed by atoms with Crippen molar-refractivity contribution < 1.29 is 14.6 Å². The number of aliphatic hydroxyl groups is 1. The predicted molar refractivity (Wildman–Crippen MR) is 81.7 cm³/mol. The number of ether oxygens (including phenoxy) is 1. The molecule has 1 heterocycles. The van der Waals surface area contributed by atoms with Crippen molar-refractivity contribution in [3.8, 4) is 5.75 Å². The number of benzene rings is 1. The van der Waals surface area contributed by atoms with Crippen molar-refractivity contribution >= 4 is 17.6 Å². The van der Waals surface area contributed by atoms with Gasteiger partial charge in [0.2, 0.25) is 0 Å². The van der Waals surface area contributed by atoms with E-state index >= 15 is 0 Å². The van der Waals surface area contributed by atoms with Crippen LogP contribution >= 0.6 is 11.6 Å². The van der Waals surface area contributed by atoms with Crippen LogP contribution in [0.2, 0.25) is 5.02 Å². The Morgan fingerprint density at radius 2 is 2.33 bits per heavy atom. The number of nitrogens with zero attached hydrogens (tertiary/aromatic N) is 1. The number of rotatable bonds is 5. The van der Waals surface area contributed by atoms with Crippen molar-refractivity contribution in [1.82, 2.24) is 10.2 Å². The molecule has 1 aliphatic heterocycles. The van der Waals surface area contributed by atoms with E-state index in [4.69, 9.17) is 16.3 Å². The molecule has 5 nitrogen and oxygen atoms in total. The largest absolute Gasteiger partial charge is 0.490 e. The lowest BCUT2D eigenvalue weighted by Crippen LogP contribution is -2.40. The normalized spacial score (nSPS) is 19.4. The standard InChI is InChI=1S/C15H21ClN2O3/c1-11(19)12-6-8-18(10-12)15(20)17-7-9-21-14-5-3-2-4-13(14)16/h2-5,11-12,19H,6-10H2,1H3,(H,17,20)/t11-,12+/m0/s1. The summed E-state index contributed by atoms with van der Waals surface area (Å²) >= 11 is 5.97. The fourth-order valence-corrected chi connectivity index (χ4v) is 2.55. The zero-order valence-corrected chi connectivity index (χ0v) is 12.8. The monoisotopic (exact) mass is 312 g/mol. The van der Waals surface area contributed by atoms with Gasteiger partial charge in [-0.15, -0.1) is 0 Å². The molecule has 0 saturated carbocycles. The quantitative estimate of drug-likeness (QED) is 0.819. The van der Waals surface area contributed by atoms with Crippen molar-refractivity contribution in [2.75, 3.05) is 26.2 Å². The van der Waals surface area contributed by atoms with E-state index in [1.165, 1.54) is 0 Å². The maximum atomic E-state index is 11.9. The molecule has 0 aromatic heterocycles. The second-order valence-corrected chi connectivity index (χ2v) is 5.65. The molecule has 2 atom stereocenters. The van der Waals surface area contributed by atoms with Gasteiger partial charge in [-0.05, 0) is 25.5 Å². The van der Waals surface area contributed by atoms with Crippen molar-refractivity contribution in [2.45, 2.75) is 19.4 Å². The minimum absolute atomic E-state index is 0.110. The first kappa shape index (κ1) is 15.9. The molecule has 2 N–H and O–H groups in total. The number of halogens is 1. The lowest BCUT2D eigenvalue weighted by atomic mass is 10.0. The van der Waals surface area contributed by atoms with Crippen LogP contribution in [0, 0.1) is 5.92 Å². The molecule has 2 rings (SSSR count). The second kappa shape index (κ2) is 7.52. The van der Waals surface area contributed by atoms with E-state index in [2.05, 4.69) is 5.32 Å². The van der Waals surface area contributed by atoms with Crippen LogP contribution in [-0.2, 0) is 0 Å². The molecular formula is C15H21ClN2O3. The number of nitrogens with one attached hydrogen (secondary N) is 1. The summed E-state index contributed by atoms with van der Waals surface area (Å²) in [6.07, 6.45) is 0.479. The Morgan fingerprint density at radius 1 is 1.57 bits per heavy atom. The van der Waals surface area contributed by atoms with E-state index in [1.807, 2.05) is 12.1 Å². The van der Waals surface area contributed by atoms with Crippen molar-refractivity contribution in [1.29, 1.82) is 0 Å². The summed E-state index contributed by atoms with van der Waals surface area (Å²) in [6, 6.07) is 7.12. The van der Waals surface area contributed by atoms with Gasteiger partial charge in [-0.2, -0.15) is 0 Å². The Labute approximate surface area is 129 Å². The zero-order valence-electron chi connectivity index (χ0n) is 12.1. The van der Waals surface area contributed by atoms with Gasteiger partial charge in [0.25, 0.3) is 0 Å². The number of likely N-dealkylation sites (tertiary alicyclic amines) is 1. The molecule has 0 radical (unpaired) electrons. The number of urea groups is 1. The Morgan fingerprint density at radius 3 is 3.00 bits per heavy atom. The predicted octanol–water partition coefficient (Wildman–Crippen LogP) is 2.13. The van der Waals surface area contributed by atoms with Crippen LogP contribution in [0.25, 0.3) is 0 Å². The highest BCUT2D eigenvalue weighted by molar-refractivity contribution is 6.32. The van der Waals surface area contributed by atoms with Gasteiger partial charge in [-0.1, -0.05) is 23.7 Å². The molecule has 21 heavy (non-hydrogen) atoms. The molecule has 0 bridgehead atoms. The first-order valence-electron chi connectivity index (χ1n) is 7.16. The number of hydrogen-bond acceptors (Lipinski definition) is 3. The van der Waals surface area contributed by atoms with E-state index in [9.17, 15) is 9.90 Å². The average Bonchev–Trinajstić information content (AvgIpc) is 2.95. The van der Waals surface area contributed by atoms with Crippen LogP contribution in [0.1, 0.15) is 13.3 Å². The third-order valence-electron chi connectivity index (χ3n) is 3.67. The Kier molecular flexibility index (Phi) is 5.70. The molecule has 6 heteroatoms. The minimum atomic E-state index is -0.369. The van der Waals surface area contributed by atoms with E-state index in [-0.39, 0.29) is 18.1 Å².